The van der Waals surface area contributed by atoms with Crippen molar-refractivity contribution in [2.75, 3.05) is 18.5 Å². The molecule has 1 saturated heterocycles. The lowest BCUT2D eigenvalue weighted by Gasteiger charge is -2.25. The summed E-state index contributed by atoms with van der Waals surface area (Å²) in [6.45, 7) is 1.81. The number of ether oxygens (including phenoxy) is 1. The maximum atomic E-state index is 13.7. The molecule has 1 aliphatic heterocycles. The molecule has 1 aliphatic rings. The van der Waals surface area contributed by atoms with Gasteiger partial charge in [0.25, 0.3) is 0 Å². The minimum absolute atomic E-state index is 0.0641. The normalized spacial score (nSPS) is 24.9. The number of benzene rings is 1. The maximum absolute atomic E-state index is 13.7. The molecule has 0 bridgehead atoms. The summed E-state index contributed by atoms with van der Waals surface area (Å²) in [7, 11) is 0. The van der Waals surface area contributed by atoms with Crippen LogP contribution in [-0.4, -0.2) is 36.2 Å². The van der Waals surface area contributed by atoms with Gasteiger partial charge in [0.05, 0.1) is 29.9 Å². The Bertz CT molecular complexity index is 608. The zero-order chi connectivity index (χ0) is 15.8. The Morgan fingerprint density at radius 2 is 2.10 bits per heavy atom. The molecule has 1 aromatic carbocycles. The number of amides is 1. The summed E-state index contributed by atoms with van der Waals surface area (Å²) >= 11 is 0. The third kappa shape index (κ3) is 2.72. The molecule has 1 aromatic rings. The first-order chi connectivity index (χ1) is 9.75. The van der Waals surface area contributed by atoms with Gasteiger partial charge in [0.2, 0.25) is 5.91 Å². The van der Waals surface area contributed by atoms with E-state index in [2.05, 4.69) is 5.32 Å². The number of halogens is 2. The van der Waals surface area contributed by atoms with Crippen molar-refractivity contribution in [1.82, 2.24) is 0 Å². The van der Waals surface area contributed by atoms with Crippen molar-refractivity contribution in [3.63, 3.8) is 0 Å². The van der Waals surface area contributed by atoms with Crippen molar-refractivity contribution in [2.24, 2.45) is 11.1 Å². The van der Waals surface area contributed by atoms with Crippen LogP contribution in [0.3, 0.4) is 0 Å². The number of nitrogens with one attached hydrogen (secondary N) is 1. The highest BCUT2D eigenvalue weighted by atomic mass is 19.1. The van der Waals surface area contributed by atoms with Crippen molar-refractivity contribution < 1.29 is 28.2 Å². The van der Waals surface area contributed by atoms with E-state index in [0.717, 1.165) is 6.07 Å². The molecule has 0 spiro atoms. The average molecular weight is 300 g/mol. The number of anilines is 1. The summed E-state index contributed by atoms with van der Waals surface area (Å²) in [6, 6.07) is 0.571. The number of aromatic carboxylic acids is 1. The topological polar surface area (TPSA) is 102 Å². The number of carbonyl (C=O) groups is 2. The van der Waals surface area contributed by atoms with Crippen LogP contribution in [-0.2, 0) is 9.53 Å². The molecule has 2 atom stereocenters. The first-order valence-corrected chi connectivity index (χ1v) is 6.13. The van der Waals surface area contributed by atoms with Crippen molar-refractivity contribution >= 4 is 17.6 Å². The third-order valence-corrected chi connectivity index (χ3v) is 3.57. The van der Waals surface area contributed by atoms with Gasteiger partial charge >= 0.3 is 5.97 Å². The number of carbonyl (C=O) groups excluding carboxylic acids is 1. The molecule has 6 nitrogen and oxygen atoms in total. The van der Waals surface area contributed by atoms with Crippen LogP contribution in [0.5, 0.6) is 0 Å². The molecule has 1 fully saturated rings. The van der Waals surface area contributed by atoms with Crippen molar-refractivity contribution in [1.29, 1.82) is 0 Å². The van der Waals surface area contributed by atoms with Gasteiger partial charge in [0.15, 0.2) is 0 Å². The van der Waals surface area contributed by atoms with E-state index in [1.54, 1.807) is 6.92 Å². The Hall–Kier alpha value is -2.06. The highest BCUT2D eigenvalue weighted by Gasteiger charge is 2.44. The number of nitrogens with two attached hydrogens (primary N) is 1. The largest absolute Gasteiger partial charge is 0.478 e. The van der Waals surface area contributed by atoms with Gasteiger partial charge in [-0.3, -0.25) is 4.79 Å². The van der Waals surface area contributed by atoms with Crippen molar-refractivity contribution in [2.45, 2.75) is 13.0 Å². The molecule has 1 heterocycles. The minimum Gasteiger partial charge on any atom is -0.478 e. The molecule has 2 unspecified atom stereocenters. The SMILES string of the molecule is CC1(C(=O)Nc2cc(C(=O)O)c(F)cc2F)COCC1N. The molecular formula is C13H14F2N2O4. The van der Waals surface area contributed by atoms with E-state index >= 15 is 0 Å². The standard InChI is InChI=1S/C13H14F2N2O4/c1-13(5-21-4-10(13)16)12(20)17-9-2-6(11(18)19)7(14)3-8(9)15/h2-3,10H,4-5,16H2,1H3,(H,17,20)(H,18,19). The molecule has 4 N–H and O–H groups in total. The average Bonchev–Trinajstić information content (AvgIpc) is 2.73. The maximum Gasteiger partial charge on any atom is 0.338 e. The van der Waals surface area contributed by atoms with Crippen LogP contribution < -0.4 is 11.1 Å². The van der Waals surface area contributed by atoms with Gasteiger partial charge in [-0.15, -0.1) is 0 Å². The highest BCUT2D eigenvalue weighted by Crippen LogP contribution is 2.29. The summed E-state index contributed by atoms with van der Waals surface area (Å²) in [4.78, 5) is 23.0. The van der Waals surface area contributed by atoms with Gasteiger partial charge in [-0.05, 0) is 13.0 Å². The predicted molar refractivity (Wildman–Crippen MR) is 68.8 cm³/mol. The van der Waals surface area contributed by atoms with Crippen LogP contribution in [0.15, 0.2) is 12.1 Å². The van der Waals surface area contributed by atoms with Gasteiger partial charge in [0, 0.05) is 12.1 Å². The van der Waals surface area contributed by atoms with Crippen LogP contribution >= 0.6 is 0 Å². The first-order valence-electron chi connectivity index (χ1n) is 6.13. The Morgan fingerprint density at radius 3 is 2.62 bits per heavy atom. The van der Waals surface area contributed by atoms with E-state index < -0.39 is 46.2 Å². The third-order valence-electron chi connectivity index (χ3n) is 3.57. The minimum atomic E-state index is -1.56. The van der Waals surface area contributed by atoms with Crippen LogP contribution in [0.1, 0.15) is 17.3 Å². The summed E-state index contributed by atoms with van der Waals surface area (Å²) in [5.41, 5.74) is 3.56. The fourth-order valence-electron chi connectivity index (χ4n) is 2.00. The van der Waals surface area contributed by atoms with E-state index in [4.69, 9.17) is 15.6 Å². The monoisotopic (exact) mass is 300 g/mol. The Morgan fingerprint density at radius 1 is 1.43 bits per heavy atom. The second-order valence-electron chi connectivity index (χ2n) is 5.11. The van der Waals surface area contributed by atoms with Crippen molar-refractivity contribution in [3.05, 3.63) is 29.3 Å². The van der Waals surface area contributed by atoms with E-state index in [-0.39, 0.29) is 13.2 Å². The Labute approximate surface area is 118 Å². The molecule has 21 heavy (non-hydrogen) atoms. The number of hydrogen-bond donors (Lipinski definition) is 3. The molecule has 1 amide bonds. The van der Waals surface area contributed by atoms with Crippen LogP contribution in [0.25, 0.3) is 0 Å². The van der Waals surface area contributed by atoms with E-state index in [1.165, 1.54) is 0 Å². The molecule has 0 aliphatic carbocycles. The molecule has 0 radical (unpaired) electrons. The van der Waals surface area contributed by atoms with Crippen LogP contribution in [0, 0.1) is 17.0 Å². The number of hydrogen-bond acceptors (Lipinski definition) is 4. The quantitative estimate of drug-likeness (QED) is 0.772. The summed E-state index contributed by atoms with van der Waals surface area (Å²) < 4.78 is 32.0. The van der Waals surface area contributed by atoms with Crippen LogP contribution in [0.2, 0.25) is 0 Å². The fourth-order valence-corrected chi connectivity index (χ4v) is 2.00. The van der Waals surface area contributed by atoms with E-state index in [1.807, 2.05) is 0 Å². The predicted octanol–water partition coefficient (Wildman–Crippen LogP) is 0.965. The van der Waals surface area contributed by atoms with E-state index in [0.29, 0.717) is 6.07 Å². The molecule has 8 heteroatoms. The van der Waals surface area contributed by atoms with Crippen molar-refractivity contribution in [3.8, 4) is 0 Å². The molecule has 0 aromatic heterocycles. The summed E-state index contributed by atoms with van der Waals surface area (Å²) in [5, 5.41) is 11.0. The molecule has 2 rings (SSSR count). The molecule has 114 valence electrons. The smallest absolute Gasteiger partial charge is 0.338 e. The van der Waals surface area contributed by atoms with Gasteiger partial charge in [-0.1, -0.05) is 0 Å². The van der Waals surface area contributed by atoms with Gasteiger partial charge in [0.1, 0.15) is 11.6 Å². The lowest BCUT2D eigenvalue weighted by Crippen LogP contribution is -2.47. The summed E-state index contributed by atoms with van der Waals surface area (Å²) in [5.74, 6) is -4.46. The molecular weight excluding hydrogens is 286 g/mol. The fraction of sp³-hybridized carbons (Fsp3) is 0.385. The number of carboxylic acids is 1. The number of carboxylic acid groups (broad SMARTS) is 1. The van der Waals surface area contributed by atoms with Gasteiger partial charge in [-0.2, -0.15) is 0 Å². The van der Waals surface area contributed by atoms with Crippen LogP contribution in [0.4, 0.5) is 14.5 Å². The Kier molecular flexibility index (Phi) is 3.93. The lowest BCUT2D eigenvalue weighted by atomic mass is 9.85. The second-order valence-corrected chi connectivity index (χ2v) is 5.11. The zero-order valence-corrected chi connectivity index (χ0v) is 11.2. The number of rotatable bonds is 3. The first kappa shape index (κ1) is 15.3. The van der Waals surface area contributed by atoms with Gasteiger partial charge in [-0.25, -0.2) is 13.6 Å². The highest BCUT2D eigenvalue weighted by molar-refractivity contribution is 5.97. The zero-order valence-electron chi connectivity index (χ0n) is 11.2. The Balaban J connectivity index is 2.29. The van der Waals surface area contributed by atoms with Gasteiger partial charge < -0.3 is 20.9 Å². The van der Waals surface area contributed by atoms with E-state index in [9.17, 15) is 18.4 Å². The molecule has 0 saturated carbocycles. The summed E-state index contributed by atoms with van der Waals surface area (Å²) in [6.07, 6.45) is 0. The second kappa shape index (κ2) is 5.38. The lowest BCUT2D eigenvalue weighted by molar-refractivity contribution is -0.125.